The highest BCUT2D eigenvalue weighted by Crippen LogP contribution is 2.09. The van der Waals surface area contributed by atoms with Crippen LogP contribution in [-0.2, 0) is 0 Å². The third-order valence-electron chi connectivity index (χ3n) is 2.53. The number of hydrogen-bond acceptors (Lipinski definition) is 2. The summed E-state index contributed by atoms with van der Waals surface area (Å²) >= 11 is 0. The SMILES string of the molecule is Cl.[N-]=[N+]=NCCCCCCCCCCCN. The molecule has 0 aliphatic heterocycles. The van der Waals surface area contributed by atoms with Gasteiger partial charge in [0.25, 0.3) is 0 Å². The van der Waals surface area contributed by atoms with Gasteiger partial charge in [0.1, 0.15) is 0 Å². The maximum atomic E-state index is 8.06. The van der Waals surface area contributed by atoms with Gasteiger partial charge in [-0.25, -0.2) is 0 Å². The molecule has 0 unspecified atom stereocenters. The zero-order valence-corrected chi connectivity index (χ0v) is 10.9. The van der Waals surface area contributed by atoms with Crippen LogP contribution in [0.25, 0.3) is 10.4 Å². The van der Waals surface area contributed by atoms with E-state index in [0.717, 1.165) is 13.0 Å². The number of unbranched alkanes of at least 4 members (excludes halogenated alkanes) is 8. The molecular weight excluding hydrogens is 224 g/mol. The Bertz CT molecular complexity index is 169. The molecule has 96 valence electrons. The van der Waals surface area contributed by atoms with Gasteiger partial charge < -0.3 is 5.73 Å². The predicted molar refractivity (Wildman–Crippen MR) is 71.9 cm³/mol. The van der Waals surface area contributed by atoms with Crippen molar-refractivity contribution in [3.8, 4) is 0 Å². The molecule has 0 radical (unpaired) electrons. The maximum Gasteiger partial charge on any atom is 0.0257 e. The molecule has 0 aromatic heterocycles. The summed E-state index contributed by atoms with van der Waals surface area (Å²) in [5.74, 6) is 0. The molecule has 2 N–H and O–H groups in total. The molecule has 0 bridgehead atoms. The number of nitrogens with two attached hydrogens (primary N) is 1. The fourth-order valence-corrected chi connectivity index (χ4v) is 1.61. The molecule has 0 aliphatic carbocycles. The van der Waals surface area contributed by atoms with Crippen molar-refractivity contribution in [2.75, 3.05) is 13.1 Å². The summed E-state index contributed by atoms with van der Waals surface area (Å²) in [6.07, 6.45) is 11.3. The van der Waals surface area contributed by atoms with Gasteiger partial charge in [-0.05, 0) is 24.9 Å². The quantitative estimate of drug-likeness (QED) is 0.253. The van der Waals surface area contributed by atoms with Gasteiger partial charge in [0.2, 0.25) is 0 Å². The first-order chi connectivity index (χ1) is 7.41. The molecule has 0 atom stereocenters. The van der Waals surface area contributed by atoms with Gasteiger partial charge >= 0.3 is 0 Å². The topological polar surface area (TPSA) is 74.8 Å². The molecule has 0 aromatic carbocycles. The van der Waals surface area contributed by atoms with Crippen LogP contribution in [0.15, 0.2) is 5.11 Å². The van der Waals surface area contributed by atoms with E-state index in [1.54, 1.807) is 0 Å². The fraction of sp³-hybridized carbons (Fsp3) is 1.00. The lowest BCUT2D eigenvalue weighted by atomic mass is 10.1. The first kappa shape index (κ1) is 17.9. The molecule has 0 aliphatic rings. The second-order valence-electron chi connectivity index (χ2n) is 3.93. The number of nitrogens with zero attached hydrogens (tertiary/aromatic N) is 3. The van der Waals surface area contributed by atoms with E-state index in [2.05, 4.69) is 10.0 Å². The Balaban J connectivity index is 0. The number of hydrogen-bond donors (Lipinski definition) is 1. The summed E-state index contributed by atoms with van der Waals surface area (Å²) in [5, 5.41) is 3.51. The first-order valence-electron chi connectivity index (χ1n) is 6.12. The zero-order chi connectivity index (χ0) is 11.2. The second-order valence-corrected chi connectivity index (χ2v) is 3.93. The summed E-state index contributed by atoms with van der Waals surface area (Å²) in [7, 11) is 0. The summed E-state index contributed by atoms with van der Waals surface area (Å²) in [6.45, 7) is 1.49. The third kappa shape index (κ3) is 16.0. The molecular formula is C11H25ClN4. The Morgan fingerprint density at radius 3 is 1.69 bits per heavy atom. The van der Waals surface area contributed by atoms with Crippen LogP contribution in [0.3, 0.4) is 0 Å². The zero-order valence-electron chi connectivity index (χ0n) is 10.1. The Hall–Kier alpha value is -0.440. The van der Waals surface area contributed by atoms with Crippen molar-refractivity contribution < 1.29 is 0 Å². The predicted octanol–water partition coefficient (Wildman–Crippen LogP) is 4.19. The summed E-state index contributed by atoms with van der Waals surface area (Å²) in [6, 6.07) is 0. The molecule has 0 rings (SSSR count). The highest BCUT2D eigenvalue weighted by atomic mass is 35.5. The van der Waals surface area contributed by atoms with Crippen molar-refractivity contribution in [1.82, 2.24) is 0 Å². The number of halogens is 1. The Kier molecular flexibility index (Phi) is 19.0. The highest BCUT2D eigenvalue weighted by molar-refractivity contribution is 5.85. The van der Waals surface area contributed by atoms with Gasteiger partial charge in [-0.2, -0.15) is 0 Å². The van der Waals surface area contributed by atoms with E-state index in [4.69, 9.17) is 11.3 Å². The Morgan fingerprint density at radius 2 is 1.25 bits per heavy atom. The van der Waals surface area contributed by atoms with Crippen LogP contribution in [0.4, 0.5) is 0 Å². The van der Waals surface area contributed by atoms with Gasteiger partial charge in [0.15, 0.2) is 0 Å². The monoisotopic (exact) mass is 248 g/mol. The molecule has 16 heavy (non-hydrogen) atoms. The first-order valence-corrected chi connectivity index (χ1v) is 6.12. The van der Waals surface area contributed by atoms with E-state index in [1.165, 1.54) is 51.4 Å². The number of rotatable bonds is 11. The normalized spacial score (nSPS) is 9.31. The van der Waals surface area contributed by atoms with E-state index in [-0.39, 0.29) is 12.4 Å². The second kappa shape index (κ2) is 17.0. The largest absolute Gasteiger partial charge is 0.330 e. The summed E-state index contributed by atoms with van der Waals surface area (Å²) in [5.41, 5.74) is 13.5. The average Bonchev–Trinajstić information content (AvgIpc) is 2.26. The molecule has 0 aromatic rings. The van der Waals surface area contributed by atoms with Crippen LogP contribution >= 0.6 is 12.4 Å². The van der Waals surface area contributed by atoms with Crippen molar-refractivity contribution in [3.63, 3.8) is 0 Å². The summed E-state index contributed by atoms with van der Waals surface area (Å²) in [4.78, 5) is 2.73. The van der Waals surface area contributed by atoms with Crippen LogP contribution in [0.1, 0.15) is 57.8 Å². The van der Waals surface area contributed by atoms with Gasteiger partial charge in [0, 0.05) is 11.5 Å². The van der Waals surface area contributed by atoms with Gasteiger partial charge in [-0.1, -0.05) is 50.1 Å². The highest BCUT2D eigenvalue weighted by Gasteiger charge is 1.91. The van der Waals surface area contributed by atoms with Gasteiger partial charge in [-0.3, -0.25) is 0 Å². The van der Waals surface area contributed by atoms with Gasteiger partial charge in [-0.15, -0.1) is 12.4 Å². The Labute approximate surface area is 105 Å². The smallest absolute Gasteiger partial charge is 0.0257 e. The fourth-order valence-electron chi connectivity index (χ4n) is 1.61. The van der Waals surface area contributed by atoms with E-state index >= 15 is 0 Å². The van der Waals surface area contributed by atoms with Crippen molar-refractivity contribution in [1.29, 1.82) is 0 Å². The molecule has 0 spiro atoms. The lowest BCUT2D eigenvalue weighted by molar-refractivity contribution is 0.562. The minimum Gasteiger partial charge on any atom is -0.330 e. The standard InChI is InChI=1S/C11H24N4.ClH/c12-10-8-6-4-2-1-3-5-7-9-11-14-15-13;/h1-12H2;1H. The maximum absolute atomic E-state index is 8.06. The lowest BCUT2D eigenvalue weighted by Crippen LogP contribution is -1.97. The average molecular weight is 249 g/mol. The molecule has 0 fully saturated rings. The molecule has 0 saturated carbocycles. The minimum atomic E-state index is 0. The van der Waals surface area contributed by atoms with Crippen LogP contribution in [0.2, 0.25) is 0 Å². The third-order valence-corrected chi connectivity index (χ3v) is 2.53. The molecule has 0 heterocycles. The van der Waals surface area contributed by atoms with Crippen LogP contribution in [0.5, 0.6) is 0 Å². The molecule has 0 saturated heterocycles. The van der Waals surface area contributed by atoms with E-state index in [0.29, 0.717) is 6.54 Å². The minimum absolute atomic E-state index is 0. The van der Waals surface area contributed by atoms with Crippen LogP contribution < -0.4 is 5.73 Å². The summed E-state index contributed by atoms with van der Waals surface area (Å²) < 4.78 is 0. The molecule has 0 amide bonds. The van der Waals surface area contributed by atoms with Crippen LogP contribution in [0, 0.1) is 0 Å². The van der Waals surface area contributed by atoms with Crippen molar-refractivity contribution >= 4 is 12.4 Å². The molecule has 4 nitrogen and oxygen atoms in total. The van der Waals surface area contributed by atoms with E-state index < -0.39 is 0 Å². The van der Waals surface area contributed by atoms with E-state index in [9.17, 15) is 0 Å². The van der Waals surface area contributed by atoms with Crippen molar-refractivity contribution in [2.24, 2.45) is 10.8 Å². The Morgan fingerprint density at radius 1 is 0.812 bits per heavy atom. The van der Waals surface area contributed by atoms with Crippen molar-refractivity contribution in [2.45, 2.75) is 57.8 Å². The van der Waals surface area contributed by atoms with Crippen LogP contribution in [-0.4, -0.2) is 13.1 Å². The van der Waals surface area contributed by atoms with Crippen molar-refractivity contribution in [3.05, 3.63) is 10.4 Å². The lowest BCUT2D eigenvalue weighted by Gasteiger charge is -2.00. The molecule has 5 heteroatoms. The van der Waals surface area contributed by atoms with Gasteiger partial charge in [0.05, 0.1) is 0 Å². The van der Waals surface area contributed by atoms with E-state index in [1.807, 2.05) is 0 Å². The number of azide groups is 1.